The molecule has 122 valence electrons. The number of carbonyl (C=O) groups excluding carboxylic acids is 2. The van der Waals surface area contributed by atoms with E-state index in [-0.39, 0.29) is 30.8 Å². The number of halogens is 1. The molecule has 2 heterocycles. The molecule has 0 atom stereocenters. The van der Waals surface area contributed by atoms with Crippen molar-refractivity contribution in [1.29, 1.82) is 0 Å². The van der Waals surface area contributed by atoms with Crippen LogP contribution in [-0.2, 0) is 17.8 Å². The first-order valence-electron chi connectivity index (χ1n) is 7.14. The summed E-state index contributed by atoms with van der Waals surface area (Å²) >= 11 is 0. The van der Waals surface area contributed by atoms with Gasteiger partial charge in [0.2, 0.25) is 5.91 Å². The normalized spacial score (nSPS) is 12.7. The fraction of sp³-hybridized carbons (Fsp3) is 0.267. The molecule has 0 saturated carbocycles. The van der Waals surface area contributed by atoms with Gasteiger partial charge in [0.15, 0.2) is 5.69 Å². The first-order valence-corrected chi connectivity index (χ1v) is 7.14. The predicted octanol–water partition coefficient (Wildman–Crippen LogP) is 0.846. The molecule has 7 nitrogen and oxygen atoms in total. The highest BCUT2D eigenvalue weighted by Gasteiger charge is 2.21. The van der Waals surface area contributed by atoms with E-state index in [4.69, 9.17) is 0 Å². The first-order chi connectivity index (χ1) is 10.7. The molecule has 0 bridgehead atoms. The average Bonchev–Trinajstić information content (AvgIpc) is 2.98. The number of nitrogens with one attached hydrogen (secondary N) is 4. The molecule has 23 heavy (non-hydrogen) atoms. The van der Waals surface area contributed by atoms with Crippen LogP contribution in [0.2, 0.25) is 0 Å². The number of para-hydroxylation sites is 1. The van der Waals surface area contributed by atoms with Crippen LogP contribution >= 0.6 is 12.4 Å². The Morgan fingerprint density at radius 2 is 2.00 bits per heavy atom. The second-order valence-electron chi connectivity index (χ2n) is 5.05. The molecule has 0 spiro atoms. The molecule has 2 amide bonds. The number of amides is 2. The van der Waals surface area contributed by atoms with Crippen LogP contribution in [0.3, 0.4) is 0 Å². The van der Waals surface area contributed by atoms with Crippen molar-refractivity contribution in [3.63, 3.8) is 0 Å². The molecule has 1 aliphatic heterocycles. The highest BCUT2D eigenvalue weighted by atomic mass is 35.5. The maximum Gasteiger partial charge on any atom is 0.272 e. The third kappa shape index (κ3) is 4.08. The van der Waals surface area contributed by atoms with Gasteiger partial charge in [-0.3, -0.25) is 14.7 Å². The van der Waals surface area contributed by atoms with Crippen molar-refractivity contribution >= 4 is 29.9 Å². The molecule has 1 aromatic carbocycles. The summed E-state index contributed by atoms with van der Waals surface area (Å²) in [7, 11) is 0. The van der Waals surface area contributed by atoms with E-state index in [1.807, 2.05) is 18.2 Å². The van der Waals surface area contributed by atoms with E-state index in [0.29, 0.717) is 17.9 Å². The average molecular weight is 336 g/mol. The van der Waals surface area contributed by atoms with Crippen LogP contribution < -0.4 is 16.0 Å². The van der Waals surface area contributed by atoms with Gasteiger partial charge in [-0.1, -0.05) is 18.2 Å². The quantitative estimate of drug-likeness (QED) is 0.665. The zero-order chi connectivity index (χ0) is 15.4. The summed E-state index contributed by atoms with van der Waals surface area (Å²) in [6.07, 6.45) is 0.824. The van der Waals surface area contributed by atoms with Crippen molar-refractivity contribution in [2.45, 2.75) is 13.0 Å². The third-order valence-electron chi connectivity index (χ3n) is 3.49. The molecular formula is C15H18ClN5O2. The fourth-order valence-electron chi connectivity index (χ4n) is 2.38. The molecule has 0 aliphatic carbocycles. The molecular weight excluding hydrogens is 318 g/mol. The second kappa shape index (κ2) is 7.75. The van der Waals surface area contributed by atoms with Gasteiger partial charge in [0.05, 0.1) is 6.54 Å². The monoisotopic (exact) mass is 335 g/mol. The van der Waals surface area contributed by atoms with Crippen LogP contribution in [0.1, 0.15) is 21.7 Å². The van der Waals surface area contributed by atoms with E-state index in [0.717, 1.165) is 24.2 Å². The minimum atomic E-state index is -0.343. The number of fused-ring (bicyclic) bond motifs is 1. The summed E-state index contributed by atoms with van der Waals surface area (Å²) in [5.41, 5.74) is 2.92. The number of aromatic nitrogens is 2. The molecule has 0 radical (unpaired) electrons. The smallest absolute Gasteiger partial charge is 0.272 e. The Hall–Kier alpha value is -2.38. The van der Waals surface area contributed by atoms with Crippen LogP contribution in [0.15, 0.2) is 30.3 Å². The Labute approximate surface area is 139 Å². The van der Waals surface area contributed by atoms with Gasteiger partial charge in [0.1, 0.15) is 0 Å². The van der Waals surface area contributed by atoms with Gasteiger partial charge in [-0.25, -0.2) is 0 Å². The molecule has 1 aromatic heterocycles. The predicted molar refractivity (Wildman–Crippen MR) is 88.7 cm³/mol. The number of rotatable bonds is 4. The number of anilines is 1. The number of H-pyrrole nitrogens is 1. The maximum atomic E-state index is 12.1. The van der Waals surface area contributed by atoms with E-state index in [1.165, 1.54) is 0 Å². The molecule has 0 saturated heterocycles. The lowest BCUT2D eigenvalue weighted by molar-refractivity contribution is -0.115. The molecule has 0 fully saturated rings. The van der Waals surface area contributed by atoms with E-state index in [2.05, 4.69) is 26.1 Å². The first kappa shape index (κ1) is 17.0. The topological polar surface area (TPSA) is 98.9 Å². The number of benzene rings is 1. The van der Waals surface area contributed by atoms with Crippen molar-refractivity contribution in [2.24, 2.45) is 0 Å². The minimum absolute atomic E-state index is 0. The molecule has 1 aliphatic rings. The minimum Gasteiger partial charge on any atom is -0.342 e. The van der Waals surface area contributed by atoms with Crippen LogP contribution in [0.4, 0.5) is 5.69 Å². The zero-order valence-electron chi connectivity index (χ0n) is 12.4. The Bertz CT molecular complexity index is 686. The summed E-state index contributed by atoms with van der Waals surface area (Å²) < 4.78 is 0. The molecule has 0 unspecified atom stereocenters. The SMILES string of the molecule is Cl.O=C(CNC(=O)c1n[nH]c2c1CNCC2)Nc1ccccc1. The second-order valence-corrected chi connectivity index (χ2v) is 5.05. The number of hydrogen-bond donors (Lipinski definition) is 4. The lowest BCUT2D eigenvalue weighted by Gasteiger charge is -2.12. The lowest BCUT2D eigenvalue weighted by Crippen LogP contribution is -2.34. The Balaban J connectivity index is 0.00000192. The van der Waals surface area contributed by atoms with E-state index in [9.17, 15) is 9.59 Å². The number of hydrogen-bond acceptors (Lipinski definition) is 4. The Morgan fingerprint density at radius 1 is 1.22 bits per heavy atom. The number of aromatic amines is 1. The summed E-state index contributed by atoms with van der Waals surface area (Å²) in [6, 6.07) is 9.10. The van der Waals surface area contributed by atoms with Gasteiger partial charge in [0.25, 0.3) is 5.91 Å². The highest BCUT2D eigenvalue weighted by molar-refractivity contribution is 5.99. The zero-order valence-corrected chi connectivity index (χ0v) is 13.2. The fourth-order valence-corrected chi connectivity index (χ4v) is 2.38. The summed E-state index contributed by atoms with van der Waals surface area (Å²) in [6.45, 7) is 1.39. The van der Waals surface area contributed by atoms with Crippen molar-refractivity contribution in [1.82, 2.24) is 20.8 Å². The standard InChI is InChI=1S/C15H17N5O2.ClH/c21-13(18-10-4-2-1-3-5-10)9-17-15(22)14-11-8-16-7-6-12(11)19-20-14;/h1-5,16H,6-9H2,(H,17,22)(H,18,21)(H,19,20);1H. The van der Waals surface area contributed by atoms with E-state index >= 15 is 0 Å². The van der Waals surface area contributed by atoms with Crippen LogP contribution in [-0.4, -0.2) is 35.1 Å². The number of carbonyl (C=O) groups is 2. The van der Waals surface area contributed by atoms with Gasteiger partial charge in [-0.15, -0.1) is 12.4 Å². The van der Waals surface area contributed by atoms with Gasteiger partial charge in [-0.2, -0.15) is 5.10 Å². The van der Waals surface area contributed by atoms with Crippen LogP contribution in [0.5, 0.6) is 0 Å². The highest BCUT2D eigenvalue weighted by Crippen LogP contribution is 2.14. The van der Waals surface area contributed by atoms with E-state index < -0.39 is 0 Å². The number of nitrogens with zero attached hydrogens (tertiary/aromatic N) is 1. The largest absolute Gasteiger partial charge is 0.342 e. The molecule has 2 aromatic rings. The van der Waals surface area contributed by atoms with E-state index in [1.54, 1.807) is 12.1 Å². The Kier molecular flexibility index (Phi) is 5.72. The molecule has 8 heteroatoms. The summed E-state index contributed by atoms with van der Waals surface area (Å²) in [5.74, 6) is -0.619. The third-order valence-corrected chi connectivity index (χ3v) is 3.49. The van der Waals surface area contributed by atoms with Crippen molar-refractivity contribution in [2.75, 3.05) is 18.4 Å². The van der Waals surface area contributed by atoms with Crippen LogP contribution in [0.25, 0.3) is 0 Å². The molecule has 4 N–H and O–H groups in total. The Morgan fingerprint density at radius 3 is 2.78 bits per heavy atom. The van der Waals surface area contributed by atoms with Gasteiger partial charge >= 0.3 is 0 Å². The summed E-state index contributed by atoms with van der Waals surface area (Å²) in [5, 5.41) is 15.4. The maximum absolute atomic E-state index is 12.1. The summed E-state index contributed by atoms with van der Waals surface area (Å²) in [4.78, 5) is 23.9. The van der Waals surface area contributed by atoms with Crippen molar-refractivity contribution in [3.05, 3.63) is 47.3 Å². The van der Waals surface area contributed by atoms with Crippen molar-refractivity contribution in [3.8, 4) is 0 Å². The molecule has 3 rings (SSSR count). The van der Waals surface area contributed by atoms with Gasteiger partial charge in [-0.05, 0) is 12.1 Å². The van der Waals surface area contributed by atoms with Crippen molar-refractivity contribution < 1.29 is 9.59 Å². The van der Waals surface area contributed by atoms with Crippen LogP contribution in [0, 0.1) is 0 Å². The van der Waals surface area contributed by atoms with Gasteiger partial charge < -0.3 is 16.0 Å². The lowest BCUT2D eigenvalue weighted by atomic mass is 10.1. The van der Waals surface area contributed by atoms with Gasteiger partial charge in [0, 0.05) is 36.5 Å².